The molecule has 4 nitrogen and oxygen atoms in total. The van der Waals surface area contributed by atoms with E-state index in [1.54, 1.807) is 12.1 Å². The first-order chi connectivity index (χ1) is 11.6. The zero-order valence-electron chi connectivity index (χ0n) is 13.0. The molecule has 0 radical (unpaired) electrons. The molecule has 0 aliphatic rings. The van der Waals surface area contributed by atoms with E-state index in [0.29, 0.717) is 25.2 Å². The number of hydrogen-bond acceptors (Lipinski definition) is 4. The molecule has 0 unspecified atom stereocenters. The van der Waals surface area contributed by atoms with Crippen molar-refractivity contribution in [3.05, 3.63) is 59.4 Å². The first-order valence-electron chi connectivity index (χ1n) is 7.02. The Kier molecular flexibility index (Phi) is 5.69. The van der Waals surface area contributed by atoms with Gasteiger partial charge in [0, 0.05) is 7.11 Å². The predicted octanol–water partition coefficient (Wildman–Crippen LogP) is 3.80. The average molecular weight is 378 g/mol. The van der Waals surface area contributed by atoms with Crippen LogP contribution in [-0.4, -0.2) is 22.1 Å². The minimum Gasteiger partial charge on any atom is -0.384 e. The van der Waals surface area contributed by atoms with Gasteiger partial charge in [-0.3, -0.25) is 0 Å². The molecular formula is C16H14F4O4S. The molecule has 2 aromatic carbocycles. The molecule has 0 amide bonds. The zero-order chi connectivity index (χ0) is 18.7. The maximum absolute atomic E-state index is 13.7. The molecule has 0 spiro atoms. The van der Waals surface area contributed by atoms with Crippen LogP contribution < -0.4 is 4.18 Å². The fraction of sp³-hybridized carbons (Fsp3) is 0.250. The van der Waals surface area contributed by atoms with E-state index in [0.717, 1.165) is 5.56 Å². The topological polar surface area (TPSA) is 52.6 Å². The lowest BCUT2D eigenvalue weighted by molar-refractivity contribution is -0.137. The Balaban J connectivity index is 2.27. The van der Waals surface area contributed by atoms with Crippen molar-refractivity contribution in [3.63, 3.8) is 0 Å². The van der Waals surface area contributed by atoms with Crippen molar-refractivity contribution < 1.29 is 34.9 Å². The summed E-state index contributed by atoms with van der Waals surface area (Å²) in [5, 5.41) is 0. The van der Waals surface area contributed by atoms with E-state index in [4.69, 9.17) is 8.92 Å². The quantitative estimate of drug-likeness (QED) is 0.567. The molecule has 136 valence electrons. The number of rotatable bonds is 6. The highest BCUT2D eigenvalue weighted by Gasteiger charge is 2.33. The highest BCUT2D eigenvalue weighted by molar-refractivity contribution is 7.87. The Morgan fingerprint density at radius 1 is 1.04 bits per heavy atom. The molecule has 2 aromatic rings. The van der Waals surface area contributed by atoms with Gasteiger partial charge in [-0.2, -0.15) is 21.6 Å². The normalized spacial score (nSPS) is 12.2. The summed E-state index contributed by atoms with van der Waals surface area (Å²) < 4.78 is 85.6. The van der Waals surface area contributed by atoms with E-state index >= 15 is 0 Å². The summed E-state index contributed by atoms with van der Waals surface area (Å²) in [6.45, 7) is 0.466. The Bertz CT molecular complexity index is 830. The maximum Gasteiger partial charge on any atom is 0.416 e. The van der Waals surface area contributed by atoms with Gasteiger partial charge in [-0.05, 0) is 42.3 Å². The van der Waals surface area contributed by atoms with Crippen LogP contribution in [0.25, 0.3) is 0 Å². The first kappa shape index (κ1) is 19.2. The third kappa shape index (κ3) is 4.93. The van der Waals surface area contributed by atoms with Gasteiger partial charge in [0.25, 0.3) is 0 Å². The van der Waals surface area contributed by atoms with Crippen molar-refractivity contribution in [1.29, 1.82) is 0 Å². The van der Waals surface area contributed by atoms with Gasteiger partial charge in [0.15, 0.2) is 0 Å². The van der Waals surface area contributed by atoms with E-state index in [9.17, 15) is 26.0 Å². The standard InChI is InChI=1S/C16H14F4O4S/c1-23-9-8-11-2-5-13(6-3-11)24-25(21,22)15-10-12(16(18,19)20)4-7-14(15)17/h2-7,10H,8-9H2,1H3. The molecule has 0 saturated heterocycles. The van der Waals surface area contributed by atoms with E-state index in [1.807, 2.05) is 0 Å². The summed E-state index contributed by atoms with van der Waals surface area (Å²) >= 11 is 0. The van der Waals surface area contributed by atoms with Crippen LogP contribution >= 0.6 is 0 Å². The Hall–Kier alpha value is -2.13. The zero-order valence-corrected chi connectivity index (χ0v) is 13.8. The minimum absolute atomic E-state index is 0.141. The molecule has 0 fully saturated rings. The maximum atomic E-state index is 13.7. The lowest BCUT2D eigenvalue weighted by Crippen LogP contribution is -2.14. The van der Waals surface area contributed by atoms with Crippen LogP contribution in [0, 0.1) is 5.82 Å². The van der Waals surface area contributed by atoms with E-state index in [-0.39, 0.29) is 11.8 Å². The Labute approximate surface area is 142 Å². The van der Waals surface area contributed by atoms with Crippen LogP contribution in [0.2, 0.25) is 0 Å². The molecule has 0 saturated carbocycles. The van der Waals surface area contributed by atoms with Crippen LogP contribution in [-0.2, 0) is 27.5 Å². The highest BCUT2D eigenvalue weighted by atomic mass is 32.2. The second-order valence-electron chi connectivity index (χ2n) is 5.07. The van der Waals surface area contributed by atoms with Crippen LogP contribution in [0.5, 0.6) is 5.75 Å². The fourth-order valence-corrected chi connectivity index (χ4v) is 3.01. The third-order valence-electron chi connectivity index (χ3n) is 3.25. The summed E-state index contributed by atoms with van der Waals surface area (Å²) in [5.41, 5.74) is -0.442. The summed E-state index contributed by atoms with van der Waals surface area (Å²) in [7, 11) is -3.22. The molecule has 0 atom stereocenters. The van der Waals surface area contributed by atoms with Crippen molar-refractivity contribution in [3.8, 4) is 5.75 Å². The van der Waals surface area contributed by atoms with Gasteiger partial charge in [0.1, 0.15) is 16.5 Å². The molecule has 0 N–H and O–H groups in total. The van der Waals surface area contributed by atoms with Gasteiger partial charge in [-0.15, -0.1) is 0 Å². The summed E-state index contributed by atoms with van der Waals surface area (Å²) in [6, 6.07) is 6.91. The summed E-state index contributed by atoms with van der Waals surface area (Å²) in [4.78, 5) is -1.18. The summed E-state index contributed by atoms with van der Waals surface area (Å²) in [6.07, 6.45) is -4.22. The molecule has 0 aliphatic carbocycles. The Morgan fingerprint density at radius 2 is 1.68 bits per heavy atom. The molecule has 2 rings (SSSR count). The molecular weight excluding hydrogens is 364 g/mol. The van der Waals surface area contributed by atoms with Crippen molar-refractivity contribution in [2.24, 2.45) is 0 Å². The largest absolute Gasteiger partial charge is 0.416 e. The van der Waals surface area contributed by atoms with Crippen LogP contribution in [0.15, 0.2) is 47.4 Å². The predicted molar refractivity (Wildman–Crippen MR) is 81.2 cm³/mol. The molecule has 25 heavy (non-hydrogen) atoms. The van der Waals surface area contributed by atoms with Gasteiger partial charge >= 0.3 is 16.3 Å². The molecule has 0 aliphatic heterocycles. The Morgan fingerprint density at radius 3 is 2.24 bits per heavy atom. The highest BCUT2D eigenvalue weighted by Crippen LogP contribution is 2.32. The van der Waals surface area contributed by atoms with Gasteiger partial charge in [-0.1, -0.05) is 12.1 Å². The van der Waals surface area contributed by atoms with E-state index < -0.39 is 32.6 Å². The number of methoxy groups -OCH3 is 1. The van der Waals surface area contributed by atoms with E-state index in [1.165, 1.54) is 19.2 Å². The molecule has 0 aromatic heterocycles. The number of halogens is 4. The minimum atomic E-state index is -4.80. The SMILES string of the molecule is COCCc1ccc(OS(=O)(=O)c2cc(C(F)(F)F)ccc2F)cc1. The molecule has 9 heteroatoms. The third-order valence-corrected chi connectivity index (χ3v) is 4.52. The fourth-order valence-electron chi connectivity index (χ4n) is 1.97. The number of hydrogen-bond donors (Lipinski definition) is 0. The van der Waals surface area contributed by atoms with Crippen molar-refractivity contribution in [2.75, 3.05) is 13.7 Å². The smallest absolute Gasteiger partial charge is 0.384 e. The lowest BCUT2D eigenvalue weighted by Gasteiger charge is -2.11. The number of alkyl halides is 3. The van der Waals surface area contributed by atoms with Gasteiger partial charge in [-0.25, -0.2) is 4.39 Å². The lowest BCUT2D eigenvalue weighted by atomic mass is 10.1. The molecule has 0 heterocycles. The second-order valence-corrected chi connectivity index (χ2v) is 6.58. The van der Waals surface area contributed by atoms with Crippen LogP contribution in [0.4, 0.5) is 17.6 Å². The van der Waals surface area contributed by atoms with Gasteiger partial charge in [0.2, 0.25) is 0 Å². The van der Waals surface area contributed by atoms with Crippen molar-refractivity contribution in [1.82, 2.24) is 0 Å². The van der Waals surface area contributed by atoms with Crippen LogP contribution in [0.1, 0.15) is 11.1 Å². The molecule has 0 bridgehead atoms. The van der Waals surface area contributed by atoms with Gasteiger partial charge in [0.05, 0.1) is 12.2 Å². The van der Waals surface area contributed by atoms with Crippen LogP contribution in [0.3, 0.4) is 0 Å². The number of ether oxygens (including phenoxy) is 1. The van der Waals surface area contributed by atoms with E-state index in [2.05, 4.69) is 0 Å². The first-order valence-corrected chi connectivity index (χ1v) is 8.43. The monoisotopic (exact) mass is 378 g/mol. The van der Waals surface area contributed by atoms with Crippen molar-refractivity contribution >= 4 is 10.1 Å². The number of benzene rings is 2. The average Bonchev–Trinajstić information content (AvgIpc) is 2.53. The summed E-state index contributed by atoms with van der Waals surface area (Å²) in [5.74, 6) is -1.47. The second kappa shape index (κ2) is 7.40. The van der Waals surface area contributed by atoms with Gasteiger partial charge < -0.3 is 8.92 Å². The van der Waals surface area contributed by atoms with Crippen molar-refractivity contribution in [2.45, 2.75) is 17.5 Å².